The minimum atomic E-state index is -1.23. The lowest BCUT2D eigenvalue weighted by Crippen LogP contribution is -2.78. The highest BCUT2D eigenvalue weighted by Crippen LogP contribution is 2.51. The maximum Gasteiger partial charge on any atom is 0.251 e. The predicted molar refractivity (Wildman–Crippen MR) is 294 cm³/mol. The second-order valence-corrected chi connectivity index (χ2v) is 22.7. The van der Waals surface area contributed by atoms with Crippen molar-refractivity contribution < 1.29 is 33.6 Å². The van der Waals surface area contributed by atoms with Crippen LogP contribution in [0.4, 0.5) is 23.0 Å². The third-order valence-electron chi connectivity index (χ3n) is 18.9. The number of nitrogens with zero attached hydrogens (tertiary/aromatic N) is 4. The maximum atomic E-state index is 13.8. The quantitative estimate of drug-likeness (QED) is 0.0927. The number of piperazine rings is 2. The van der Waals surface area contributed by atoms with Crippen molar-refractivity contribution in [1.29, 1.82) is 0 Å². The van der Waals surface area contributed by atoms with Crippen molar-refractivity contribution in [2.24, 2.45) is 0 Å². The number of aromatic nitrogens is 2. The highest BCUT2D eigenvalue weighted by atomic mass is 16.2. The normalized spacial score (nSPS) is 28.1. The molecule has 6 atom stereocenters. The standard InChI is InChI=1S/C31H29N5O4.C31H31N5O3/c1-2-30-12-13-31(27(39)35-30,21-7-4-3-5-8-21)36(28(30)40)18-24(37)33-22-11-10-19-16-29(17-20(19)15-22)23-9-6-14-32-25(23)34-26(29)38;1-2-30-12-13-31(19-33-30,22-7-4-3-5-8-22)36(28(30)39)18-25(37)34-23-11-10-20-16-29(17-21(20)15-23)24-9-6-14-32-26(24)35-27(29)38/h3-11,14-15H,2,12-13,16-18H2,1H3,(H,33,37)(H,35,39)(H,32,34,38);3-11,14-15,33H,2,12-13,16-19H2,1H3,(H,34,37)(H,32,35,38). The number of nitrogens with one attached hydrogen (secondary N) is 6. The molecule has 2 spiro atoms. The Morgan fingerprint density at radius 1 is 0.532 bits per heavy atom. The van der Waals surface area contributed by atoms with E-state index in [4.69, 9.17) is 0 Å². The van der Waals surface area contributed by atoms with Crippen LogP contribution in [0.2, 0.25) is 0 Å². The first-order valence-corrected chi connectivity index (χ1v) is 27.4. The van der Waals surface area contributed by atoms with E-state index in [1.807, 2.05) is 135 Å². The van der Waals surface area contributed by atoms with E-state index in [9.17, 15) is 33.6 Å². The van der Waals surface area contributed by atoms with Crippen molar-refractivity contribution in [1.82, 2.24) is 30.4 Å². The van der Waals surface area contributed by atoms with Gasteiger partial charge in [-0.3, -0.25) is 33.6 Å². The van der Waals surface area contributed by atoms with Gasteiger partial charge in [0.05, 0.1) is 21.9 Å². The number of rotatable bonds is 10. The fourth-order valence-corrected chi connectivity index (χ4v) is 14.5. The summed E-state index contributed by atoms with van der Waals surface area (Å²) in [6, 6.07) is 38.4. The third kappa shape index (κ3) is 7.48. The number of pyridine rings is 2. The summed E-state index contributed by atoms with van der Waals surface area (Å²) in [5.74, 6) is 0.0806. The van der Waals surface area contributed by atoms with Crippen LogP contribution < -0.4 is 31.9 Å². The summed E-state index contributed by atoms with van der Waals surface area (Å²) < 4.78 is 0. The summed E-state index contributed by atoms with van der Waals surface area (Å²) in [5, 5.41) is 18.3. The predicted octanol–water partition coefficient (Wildman–Crippen LogP) is 6.08. The number of fused-ring (bicyclic) bond motifs is 12. The smallest absolute Gasteiger partial charge is 0.251 e. The molecule has 6 saturated heterocycles. The van der Waals surface area contributed by atoms with Crippen LogP contribution in [-0.2, 0) is 81.2 Å². The molecule has 6 unspecified atom stereocenters. The fraction of sp³-hybridized carbons (Fsp3) is 0.339. The molecular weight excluding hydrogens is 997 g/mol. The molecule has 6 aromatic rings. The van der Waals surface area contributed by atoms with Gasteiger partial charge in [0, 0.05) is 41.4 Å². The van der Waals surface area contributed by atoms with Gasteiger partial charge in [-0.1, -0.05) is 98.8 Å². The van der Waals surface area contributed by atoms with Gasteiger partial charge < -0.3 is 41.7 Å². The van der Waals surface area contributed by atoms with Crippen molar-refractivity contribution in [2.45, 2.75) is 111 Å². The summed E-state index contributed by atoms with van der Waals surface area (Å²) in [4.78, 5) is 106. The molecule has 6 fully saturated rings. The molecule has 17 nitrogen and oxygen atoms in total. The molecule has 17 heteroatoms. The zero-order valence-electron chi connectivity index (χ0n) is 44.0. The molecular formula is C62H60N10O7. The average molecular weight is 1060 g/mol. The first kappa shape index (κ1) is 50.0. The summed E-state index contributed by atoms with van der Waals surface area (Å²) in [5.41, 5.74) is 4.31. The van der Waals surface area contributed by atoms with E-state index in [2.05, 4.69) is 41.9 Å². The SMILES string of the molecule is CCC12CCC(c3ccccc3)(C(=O)N1)N(CC(=O)Nc1ccc3c(c1)CC1(C3)C(=O)Nc3ncccc31)C2=O.CCC12CCC(c3ccccc3)(CN1)N(CC(=O)Nc1ccc3c(c1)CC1(C3)C(=O)Nc3ncccc31)C2=O. The highest BCUT2D eigenvalue weighted by molar-refractivity contribution is 6.09. The Morgan fingerprint density at radius 3 is 1.53 bits per heavy atom. The lowest BCUT2D eigenvalue weighted by atomic mass is 9.68. The van der Waals surface area contributed by atoms with E-state index in [1.54, 1.807) is 17.3 Å². The molecule has 2 aromatic heterocycles. The number of carbonyl (C=O) groups excluding carboxylic acids is 7. The monoisotopic (exact) mass is 1060 g/mol. The molecule has 10 aliphatic rings. The second kappa shape index (κ2) is 18.3. The Morgan fingerprint density at radius 2 is 1.03 bits per heavy atom. The van der Waals surface area contributed by atoms with Crippen LogP contribution in [0.25, 0.3) is 0 Å². The largest absolute Gasteiger partial charge is 0.339 e. The van der Waals surface area contributed by atoms with Crippen LogP contribution in [0.15, 0.2) is 134 Å². The molecule has 8 aliphatic heterocycles. The van der Waals surface area contributed by atoms with Crippen molar-refractivity contribution in [3.63, 3.8) is 0 Å². The Labute approximate surface area is 456 Å². The van der Waals surface area contributed by atoms with Crippen molar-refractivity contribution in [3.05, 3.63) is 178 Å². The summed E-state index contributed by atoms with van der Waals surface area (Å²) in [6.45, 7) is 4.28. The molecule has 6 N–H and O–H groups in total. The van der Waals surface area contributed by atoms with Crippen LogP contribution in [-0.4, -0.2) is 91.8 Å². The number of carbonyl (C=O) groups is 7. The zero-order chi connectivity index (χ0) is 54.5. The van der Waals surface area contributed by atoms with E-state index < -0.39 is 33.0 Å². The Kier molecular flexibility index (Phi) is 11.6. The zero-order valence-corrected chi connectivity index (χ0v) is 44.0. The molecule has 79 heavy (non-hydrogen) atoms. The first-order valence-electron chi connectivity index (χ1n) is 27.4. The Hall–Kier alpha value is -8.57. The lowest BCUT2D eigenvalue weighted by Gasteiger charge is -2.59. The number of piperidine rings is 4. The Bertz CT molecular complexity index is 3580. The van der Waals surface area contributed by atoms with Gasteiger partial charge >= 0.3 is 0 Å². The van der Waals surface area contributed by atoms with E-state index in [0.29, 0.717) is 86.5 Å². The van der Waals surface area contributed by atoms with E-state index in [1.165, 1.54) is 4.90 Å². The van der Waals surface area contributed by atoms with E-state index in [0.717, 1.165) is 51.8 Å². The summed E-state index contributed by atoms with van der Waals surface area (Å²) >= 11 is 0. The van der Waals surface area contributed by atoms with Gasteiger partial charge in [0.1, 0.15) is 35.8 Å². The van der Waals surface area contributed by atoms with Crippen LogP contribution in [0.3, 0.4) is 0 Å². The third-order valence-corrected chi connectivity index (χ3v) is 18.9. The number of amides is 7. The number of benzene rings is 4. The van der Waals surface area contributed by atoms with Crippen LogP contribution in [0, 0.1) is 0 Å². The molecule has 2 aliphatic carbocycles. The van der Waals surface area contributed by atoms with Gasteiger partial charge in [-0.15, -0.1) is 0 Å². The minimum absolute atomic E-state index is 0.00285. The van der Waals surface area contributed by atoms with Gasteiger partial charge in [0.25, 0.3) is 5.91 Å². The van der Waals surface area contributed by atoms with Crippen LogP contribution in [0.5, 0.6) is 0 Å². The number of hydrogen-bond donors (Lipinski definition) is 6. The van der Waals surface area contributed by atoms with Crippen molar-refractivity contribution in [3.8, 4) is 0 Å². The van der Waals surface area contributed by atoms with Crippen LogP contribution in [0.1, 0.15) is 96.9 Å². The van der Waals surface area contributed by atoms with Crippen molar-refractivity contribution in [2.75, 3.05) is 40.9 Å². The van der Waals surface area contributed by atoms with Gasteiger partial charge in [-0.05, 0) is 134 Å². The van der Waals surface area contributed by atoms with Gasteiger partial charge in [0.15, 0.2) is 0 Å². The fourth-order valence-electron chi connectivity index (χ4n) is 14.5. The molecule has 4 aromatic carbocycles. The maximum absolute atomic E-state index is 13.8. The van der Waals surface area contributed by atoms with E-state index in [-0.39, 0.29) is 54.4 Å². The summed E-state index contributed by atoms with van der Waals surface area (Å²) in [7, 11) is 0. The molecule has 4 bridgehead atoms. The average Bonchev–Trinajstić information content (AvgIpc) is 4.16. The van der Waals surface area contributed by atoms with Crippen molar-refractivity contribution >= 4 is 64.4 Å². The van der Waals surface area contributed by atoms with Gasteiger partial charge in [-0.2, -0.15) is 0 Å². The van der Waals surface area contributed by atoms with Gasteiger partial charge in [-0.25, -0.2) is 9.97 Å². The molecule has 0 radical (unpaired) electrons. The molecule has 10 heterocycles. The minimum Gasteiger partial charge on any atom is -0.339 e. The second-order valence-electron chi connectivity index (χ2n) is 22.7. The number of anilines is 4. The highest BCUT2D eigenvalue weighted by Gasteiger charge is 2.64. The summed E-state index contributed by atoms with van der Waals surface area (Å²) in [6.07, 6.45) is 9.30. The van der Waals surface area contributed by atoms with Crippen LogP contribution >= 0.6 is 0 Å². The van der Waals surface area contributed by atoms with Gasteiger partial charge in [0.2, 0.25) is 35.4 Å². The lowest BCUT2D eigenvalue weighted by molar-refractivity contribution is -0.174. The molecule has 16 rings (SSSR count). The molecule has 7 amide bonds. The topological polar surface area (TPSA) is 224 Å². The molecule has 400 valence electrons. The molecule has 0 saturated carbocycles. The first-order chi connectivity index (χ1) is 38.2. The number of hydrogen-bond acceptors (Lipinski definition) is 10. The Balaban J connectivity index is 0.000000150. The van der Waals surface area contributed by atoms with E-state index >= 15 is 0 Å².